The Morgan fingerprint density at radius 3 is 2.52 bits per heavy atom. The predicted molar refractivity (Wildman–Crippen MR) is 77.7 cm³/mol. The van der Waals surface area contributed by atoms with Crippen LogP contribution in [0.4, 0.5) is 10.1 Å². The molecule has 0 atom stereocenters. The lowest BCUT2D eigenvalue weighted by atomic mass is 10.2. The number of carbonyl (C=O) groups excluding carboxylic acids is 1. The van der Waals surface area contributed by atoms with Gasteiger partial charge in [0.2, 0.25) is 0 Å². The molecule has 0 aliphatic rings. The monoisotopic (exact) mass is 289 g/mol. The largest absolute Gasteiger partial charge is 0.321 e. The molecule has 0 saturated carbocycles. The van der Waals surface area contributed by atoms with Crippen molar-refractivity contribution >= 4 is 11.6 Å². The summed E-state index contributed by atoms with van der Waals surface area (Å²) in [6.07, 6.45) is 0. The van der Waals surface area contributed by atoms with E-state index in [-0.39, 0.29) is 23.0 Å². The van der Waals surface area contributed by atoms with Crippen molar-refractivity contribution in [2.75, 3.05) is 5.32 Å². The van der Waals surface area contributed by atoms with E-state index in [1.54, 1.807) is 0 Å². The number of rotatable bonds is 4. The van der Waals surface area contributed by atoms with Crippen molar-refractivity contribution in [3.8, 4) is 0 Å². The molecule has 0 bridgehead atoms. The molecule has 110 valence electrons. The minimum Gasteiger partial charge on any atom is -0.321 e. The van der Waals surface area contributed by atoms with Crippen molar-refractivity contribution in [2.24, 2.45) is 5.92 Å². The number of aromatic nitrogens is 2. The molecule has 0 radical (unpaired) electrons. The predicted octanol–water partition coefficient (Wildman–Crippen LogP) is 2.29. The van der Waals surface area contributed by atoms with Crippen molar-refractivity contribution in [1.29, 1.82) is 0 Å². The van der Waals surface area contributed by atoms with E-state index < -0.39 is 5.91 Å². The number of nitrogens with zero attached hydrogens (tertiary/aromatic N) is 2. The number of halogens is 1. The summed E-state index contributed by atoms with van der Waals surface area (Å²) in [6.45, 7) is 4.36. The molecule has 1 aromatic carbocycles. The van der Waals surface area contributed by atoms with Crippen molar-refractivity contribution in [1.82, 2.24) is 9.78 Å². The first-order valence-corrected chi connectivity index (χ1v) is 6.61. The summed E-state index contributed by atoms with van der Waals surface area (Å²) in [5.74, 6) is -0.582. The number of amides is 1. The standard InChI is InChI=1S/C15H16FN3O2/c1-10(2)9-19-14(20)8-7-13(18-19)15(21)17-12-5-3-11(16)4-6-12/h3-8,10H,9H2,1-2H3,(H,17,21). The highest BCUT2D eigenvalue weighted by Crippen LogP contribution is 2.09. The fourth-order valence-electron chi connectivity index (χ4n) is 1.78. The van der Waals surface area contributed by atoms with E-state index in [0.29, 0.717) is 12.2 Å². The Balaban J connectivity index is 2.19. The summed E-state index contributed by atoms with van der Waals surface area (Å²) < 4.78 is 14.1. The Labute approximate surface area is 121 Å². The third-order valence-electron chi connectivity index (χ3n) is 2.74. The fraction of sp³-hybridized carbons (Fsp3) is 0.267. The molecule has 2 aromatic rings. The van der Waals surface area contributed by atoms with E-state index >= 15 is 0 Å². The van der Waals surface area contributed by atoms with Crippen LogP contribution in [0.2, 0.25) is 0 Å². The van der Waals surface area contributed by atoms with Crippen LogP contribution in [0, 0.1) is 11.7 Å². The summed E-state index contributed by atoms with van der Waals surface area (Å²) in [5, 5.41) is 6.65. The van der Waals surface area contributed by atoms with E-state index in [1.165, 1.54) is 41.1 Å². The lowest BCUT2D eigenvalue weighted by Gasteiger charge is -2.09. The van der Waals surface area contributed by atoms with Crippen LogP contribution < -0.4 is 10.9 Å². The van der Waals surface area contributed by atoms with Gasteiger partial charge in [-0.05, 0) is 36.2 Å². The van der Waals surface area contributed by atoms with Crippen molar-refractivity contribution in [3.05, 3.63) is 58.3 Å². The fourth-order valence-corrected chi connectivity index (χ4v) is 1.78. The molecule has 0 unspecified atom stereocenters. The molecule has 5 nitrogen and oxygen atoms in total. The lowest BCUT2D eigenvalue weighted by molar-refractivity contribution is 0.101. The molecule has 1 aromatic heterocycles. The van der Waals surface area contributed by atoms with Gasteiger partial charge in [-0.15, -0.1) is 0 Å². The first kappa shape index (κ1) is 14.9. The summed E-state index contributed by atoms with van der Waals surface area (Å²) >= 11 is 0. The van der Waals surface area contributed by atoms with Crippen molar-refractivity contribution < 1.29 is 9.18 Å². The molecule has 1 N–H and O–H groups in total. The maximum absolute atomic E-state index is 12.8. The van der Waals surface area contributed by atoms with Gasteiger partial charge in [-0.3, -0.25) is 9.59 Å². The molecule has 2 rings (SSSR count). The third kappa shape index (κ3) is 3.98. The quantitative estimate of drug-likeness (QED) is 0.939. The van der Waals surface area contributed by atoms with Crippen LogP contribution in [0.1, 0.15) is 24.3 Å². The van der Waals surface area contributed by atoms with Crippen molar-refractivity contribution in [3.63, 3.8) is 0 Å². The summed E-state index contributed by atoms with van der Waals surface area (Å²) in [7, 11) is 0. The maximum atomic E-state index is 12.8. The second-order valence-corrected chi connectivity index (χ2v) is 5.09. The van der Waals surface area contributed by atoms with E-state index in [1.807, 2.05) is 13.8 Å². The number of anilines is 1. The first-order chi connectivity index (χ1) is 9.95. The van der Waals surface area contributed by atoms with Gasteiger partial charge in [0, 0.05) is 18.3 Å². The molecule has 6 heteroatoms. The molecule has 0 fully saturated rings. The molecule has 1 heterocycles. The zero-order chi connectivity index (χ0) is 15.4. The Morgan fingerprint density at radius 2 is 1.90 bits per heavy atom. The van der Waals surface area contributed by atoms with Crippen LogP contribution in [-0.4, -0.2) is 15.7 Å². The first-order valence-electron chi connectivity index (χ1n) is 6.61. The zero-order valence-corrected chi connectivity index (χ0v) is 11.8. The average molecular weight is 289 g/mol. The summed E-state index contributed by atoms with van der Waals surface area (Å²) in [4.78, 5) is 23.7. The average Bonchev–Trinajstić information content (AvgIpc) is 2.43. The smallest absolute Gasteiger partial charge is 0.276 e. The van der Waals surface area contributed by atoms with Crippen LogP contribution in [0.3, 0.4) is 0 Å². The van der Waals surface area contributed by atoms with Gasteiger partial charge in [-0.25, -0.2) is 9.07 Å². The van der Waals surface area contributed by atoms with Gasteiger partial charge in [0.05, 0.1) is 0 Å². The molecule has 0 saturated heterocycles. The summed E-state index contributed by atoms with van der Waals surface area (Å²) in [6, 6.07) is 8.10. The minimum absolute atomic E-state index is 0.138. The van der Waals surface area contributed by atoms with Gasteiger partial charge in [-0.1, -0.05) is 13.8 Å². The van der Waals surface area contributed by atoms with Gasteiger partial charge in [0.25, 0.3) is 11.5 Å². The third-order valence-corrected chi connectivity index (χ3v) is 2.74. The van der Waals surface area contributed by atoms with Crippen LogP contribution in [0.25, 0.3) is 0 Å². The minimum atomic E-state index is -0.445. The Kier molecular flexibility index (Phi) is 4.47. The Hall–Kier alpha value is -2.50. The molecule has 21 heavy (non-hydrogen) atoms. The highest BCUT2D eigenvalue weighted by molar-refractivity contribution is 6.02. The number of carbonyl (C=O) groups is 1. The number of benzene rings is 1. The van der Waals surface area contributed by atoms with E-state index in [2.05, 4.69) is 10.4 Å². The highest BCUT2D eigenvalue weighted by Gasteiger charge is 2.10. The molecule has 0 spiro atoms. The SMILES string of the molecule is CC(C)Cn1nc(C(=O)Nc2ccc(F)cc2)ccc1=O. The topological polar surface area (TPSA) is 64.0 Å². The van der Waals surface area contributed by atoms with Crippen LogP contribution in [0.15, 0.2) is 41.2 Å². The van der Waals surface area contributed by atoms with E-state index in [9.17, 15) is 14.0 Å². The highest BCUT2D eigenvalue weighted by atomic mass is 19.1. The second kappa shape index (κ2) is 6.30. The summed E-state index contributed by atoms with van der Waals surface area (Å²) in [5.41, 5.74) is 0.353. The van der Waals surface area contributed by atoms with Gasteiger partial charge < -0.3 is 5.32 Å². The maximum Gasteiger partial charge on any atom is 0.276 e. The van der Waals surface area contributed by atoms with Crippen molar-refractivity contribution in [2.45, 2.75) is 20.4 Å². The normalized spacial score (nSPS) is 10.7. The van der Waals surface area contributed by atoms with Gasteiger partial charge in [0.15, 0.2) is 0 Å². The van der Waals surface area contributed by atoms with Crippen LogP contribution in [-0.2, 0) is 6.54 Å². The number of hydrogen-bond donors (Lipinski definition) is 1. The van der Waals surface area contributed by atoms with Crippen LogP contribution >= 0.6 is 0 Å². The number of nitrogens with one attached hydrogen (secondary N) is 1. The van der Waals surface area contributed by atoms with Gasteiger partial charge in [-0.2, -0.15) is 5.10 Å². The van der Waals surface area contributed by atoms with Crippen LogP contribution in [0.5, 0.6) is 0 Å². The Bertz CT molecular complexity index is 693. The lowest BCUT2D eigenvalue weighted by Crippen LogP contribution is -2.27. The second-order valence-electron chi connectivity index (χ2n) is 5.09. The molecule has 1 amide bonds. The van der Waals surface area contributed by atoms with Gasteiger partial charge in [0.1, 0.15) is 11.5 Å². The van der Waals surface area contributed by atoms with Gasteiger partial charge >= 0.3 is 0 Å². The van der Waals surface area contributed by atoms with E-state index in [4.69, 9.17) is 0 Å². The molecular formula is C15H16FN3O2. The zero-order valence-electron chi connectivity index (χ0n) is 11.8. The molecule has 0 aliphatic heterocycles. The van der Waals surface area contributed by atoms with E-state index in [0.717, 1.165) is 0 Å². The molecular weight excluding hydrogens is 273 g/mol. The number of hydrogen-bond acceptors (Lipinski definition) is 3. The molecule has 0 aliphatic carbocycles. The Morgan fingerprint density at radius 1 is 1.24 bits per heavy atom.